The molecule has 0 amide bonds. The Labute approximate surface area is 210 Å². The third-order valence-corrected chi connectivity index (χ3v) is 5.14. The lowest BCUT2D eigenvalue weighted by molar-refractivity contribution is -0.137. The van der Waals surface area contributed by atoms with Gasteiger partial charge >= 0.3 is 17.9 Å². The molecule has 0 saturated carbocycles. The largest absolute Gasteiger partial charge is 0.426 e. The first-order valence-corrected chi connectivity index (χ1v) is 11.4. The third-order valence-electron chi connectivity index (χ3n) is 5.14. The van der Waals surface area contributed by atoms with Crippen LogP contribution >= 0.6 is 0 Å². The number of ether oxygens (including phenoxy) is 3. The van der Waals surface area contributed by atoms with Crippen molar-refractivity contribution in [2.75, 3.05) is 0 Å². The summed E-state index contributed by atoms with van der Waals surface area (Å²) in [5.74, 6) is -0.787. The van der Waals surface area contributed by atoms with Crippen LogP contribution < -0.4 is 14.2 Å². The van der Waals surface area contributed by atoms with Crippen LogP contribution in [0.15, 0.2) is 91.0 Å². The Morgan fingerprint density at radius 1 is 0.639 bits per heavy atom. The highest BCUT2D eigenvalue weighted by Crippen LogP contribution is 2.35. The van der Waals surface area contributed by atoms with E-state index in [1.54, 1.807) is 52.0 Å². The summed E-state index contributed by atoms with van der Waals surface area (Å²) < 4.78 is 16.2. The normalized spacial score (nSPS) is 10.5. The van der Waals surface area contributed by atoms with E-state index in [4.69, 9.17) is 14.2 Å². The zero-order valence-corrected chi connectivity index (χ0v) is 20.8. The molecular formula is C30H28O6. The Morgan fingerprint density at radius 3 is 1.58 bits per heavy atom. The van der Waals surface area contributed by atoms with Crippen molar-refractivity contribution < 1.29 is 28.6 Å². The molecule has 0 fully saturated rings. The lowest BCUT2D eigenvalue weighted by Crippen LogP contribution is -2.15. The van der Waals surface area contributed by atoms with Crippen molar-refractivity contribution in [1.29, 1.82) is 0 Å². The Hall–Kier alpha value is -4.45. The number of benzene rings is 3. The Balaban J connectivity index is 1.88. The minimum absolute atomic E-state index is 0.252. The number of hydrogen-bond donors (Lipinski definition) is 0. The molecule has 0 spiro atoms. The van der Waals surface area contributed by atoms with Crippen molar-refractivity contribution in [2.24, 2.45) is 5.92 Å². The van der Waals surface area contributed by atoms with E-state index < -0.39 is 17.9 Å². The summed E-state index contributed by atoms with van der Waals surface area (Å²) in [5, 5.41) is 0. The van der Waals surface area contributed by atoms with E-state index in [2.05, 4.69) is 13.2 Å². The summed E-state index contributed by atoms with van der Waals surface area (Å²) in [6.07, 6.45) is 0. The lowest BCUT2D eigenvalue weighted by Gasteiger charge is -2.14. The third kappa shape index (κ3) is 6.57. The van der Waals surface area contributed by atoms with Crippen LogP contribution in [-0.4, -0.2) is 17.9 Å². The van der Waals surface area contributed by atoms with E-state index in [9.17, 15) is 14.4 Å². The molecule has 3 rings (SSSR count). The molecule has 0 bridgehead atoms. The molecular weight excluding hydrogens is 456 g/mol. The molecule has 0 N–H and O–H groups in total. The van der Waals surface area contributed by atoms with E-state index in [0.29, 0.717) is 16.9 Å². The van der Waals surface area contributed by atoms with E-state index in [1.165, 1.54) is 6.07 Å². The van der Waals surface area contributed by atoms with E-state index in [0.717, 1.165) is 16.7 Å². The maximum Gasteiger partial charge on any atom is 0.338 e. The Kier molecular flexibility index (Phi) is 8.22. The molecule has 0 saturated heterocycles. The average molecular weight is 485 g/mol. The van der Waals surface area contributed by atoms with Gasteiger partial charge in [-0.05, 0) is 54.8 Å². The van der Waals surface area contributed by atoms with Crippen LogP contribution in [0.4, 0.5) is 0 Å². The quantitative estimate of drug-likeness (QED) is 0.205. The second-order valence-corrected chi connectivity index (χ2v) is 8.68. The molecule has 0 radical (unpaired) electrons. The maximum atomic E-state index is 12.3. The van der Waals surface area contributed by atoms with E-state index >= 15 is 0 Å². The van der Waals surface area contributed by atoms with Crippen LogP contribution in [0.25, 0.3) is 22.3 Å². The Bertz CT molecular complexity index is 1310. The molecule has 0 atom stereocenters. The second kappa shape index (κ2) is 11.3. The number of hydrogen-bond acceptors (Lipinski definition) is 6. The molecule has 0 aliphatic carbocycles. The number of carbonyl (C=O) groups excluding carboxylic acids is 3. The lowest BCUT2D eigenvalue weighted by atomic mass is 9.99. The summed E-state index contributed by atoms with van der Waals surface area (Å²) in [7, 11) is 0. The molecule has 0 aliphatic rings. The van der Waals surface area contributed by atoms with Gasteiger partial charge < -0.3 is 14.2 Å². The van der Waals surface area contributed by atoms with Crippen LogP contribution in [0.5, 0.6) is 17.2 Å². The van der Waals surface area contributed by atoms with Crippen molar-refractivity contribution in [2.45, 2.75) is 27.7 Å². The molecule has 0 aliphatic heterocycles. The summed E-state index contributed by atoms with van der Waals surface area (Å²) in [6.45, 7) is 13.8. The van der Waals surface area contributed by atoms with Gasteiger partial charge in [-0.15, -0.1) is 0 Å². The molecule has 0 heterocycles. The average Bonchev–Trinajstić information content (AvgIpc) is 2.84. The highest BCUT2D eigenvalue weighted by Gasteiger charge is 2.17. The zero-order valence-electron chi connectivity index (χ0n) is 20.8. The van der Waals surface area contributed by atoms with E-state index in [1.807, 2.05) is 36.4 Å². The van der Waals surface area contributed by atoms with Gasteiger partial charge in [0.15, 0.2) is 0 Å². The van der Waals surface area contributed by atoms with Gasteiger partial charge in [0.25, 0.3) is 0 Å². The highest BCUT2D eigenvalue weighted by molar-refractivity contribution is 5.89. The van der Waals surface area contributed by atoms with Crippen LogP contribution in [0.1, 0.15) is 27.7 Å². The second-order valence-electron chi connectivity index (χ2n) is 8.68. The fourth-order valence-corrected chi connectivity index (χ4v) is 3.06. The molecule has 36 heavy (non-hydrogen) atoms. The van der Waals surface area contributed by atoms with Crippen LogP contribution in [-0.2, 0) is 14.4 Å². The van der Waals surface area contributed by atoms with E-state index in [-0.39, 0.29) is 23.0 Å². The zero-order chi connectivity index (χ0) is 26.4. The standard InChI is InChI=1S/C30H28O6/c1-18(2)28(31)34-24-13-11-22(12-14-24)21-7-9-23(10-8-21)26-16-15-25(35-29(32)19(3)4)17-27(26)36-30(33)20(5)6/h7-17,20H,1,3H2,2,4-6H3. The van der Waals surface area contributed by atoms with Crippen LogP contribution in [0.2, 0.25) is 0 Å². The Morgan fingerprint density at radius 2 is 1.08 bits per heavy atom. The highest BCUT2D eigenvalue weighted by atomic mass is 16.5. The molecule has 6 heteroatoms. The van der Waals surface area contributed by atoms with Gasteiger partial charge in [0.2, 0.25) is 0 Å². The summed E-state index contributed by atoms with van der Waals surface area (Å²) in [5.41, 5.74) is 3.96. The summed E-state index contributed by atoms with van der Waals surface area (Å²) in [6, 6.07) is 19.8. The van der Waals surface area contributed by atoms with Crippen LogP contribution in [0.3, 0.4) is 0 Å². The molecule has 6 nitrogen and oxygen atoms in total. The van der Waals surface area contributed by atoms with Gasteiger partial charge in [-0.2, -0.15) is 0 Å². The summed E-state index contributed by atoms with van der Waals surface area (Å²) in [4.78, 5) is 35.9. The first kappa shape index (κ1) is 26.2. The van der Waals surface area contributed by atoms with Gasteiger partial charge in [0, 0.05) is 22.8 Å². The smallest absolute Gasteiger partial charge is 0.338 e. The van der Waals surface area contributed by atoms with Gasteiger partial charge in [-0.1, -0.05) is 63.4 Å². The topological polar surface area (TPSA) is 78.9 Å². The number of carbonyl (C=O) groups is 3. The van der Waals surface area contributed by atoms with Crippen molar-refractivity contribution in [1.82, 2.24) is 0 Å². The monoisotopic (exact) mass is 484 g/mol. The van der Waals surface area contributed by atoms with Gasteiger partial charge in [0.05, 0.1) is 5.92 Å². The predicted octanol–water partition coefficient (Wildman–Crippen LogP) is 6.55. The first-order chi connectivity index (χ1) is 17.0. The molecule has 0 aromatic heterocycles. The number of esters is 3. The molecule has 0 unspecified atom stereocenters. The van der Waals surface area contributed by atoms with Crippen LogP contribution in [0, 0.1) is 5.92 Å². The van der Waals surface area contributed by atoms with Crippen molar-refractivity contribution in [3.63, 3.8) is 0 Å². The molecule has 3 aromatic carbocycles. The summed E-state index contributed by atoms with van der Waals surface area (Å²) >= 11 is 0. The molecule has 3 aromatic rings. The fraction of sp³-hybridized carbons (Fsp3) is 0.167. The van der Waals surface area contributed by atoms with Gasteiger partial charge in [-0.3, -0.25) is 4.79 Å². The minimum Gasteiger partial charge on any atom is -0.426 e. The van der Waals surface area contributed by atoms with Crippen molar-refractivity contribution in [3.8, 4) is 39.5 Å². The maximum absolute atomic E-state index is 12.3. The first-order valence-electron chi connectivity index (χ1n) is 11.4. The fourth-order valence-electron chi connectivity index (χ4n) is 3.06. The SMILES string of the molecule is C=C(C)C(=O)Oc1ccc(-c2ccc(-c3ccc(OC(=O)C(=C)C)cc3OC(=O)C(C)C)cc2)cc1. The van der Waals surface area contributed by atoms with Gasteiger partial charge in [-0.25, -0.2) is 9.59 Å². The van der Waals surface area contributed by atoms with Gasteiger partial charge in [0.1, 0.15) is 17.2 Å². The van der Waals surface area contributed by atoms with Crippen molar-refractivity contribution in [3.05, 3.63) is 91.0 Å². The molecule has 184 valence electrons. The van der Waals surface area contributed by atoms with Crippen molar-refractivity contribution >= 4 is 17.9 Å². The predicted molar refractivity (Wildman–Crippen MR) is 139 cm³/mol. The minimum atomic E-state index is -0.561. The number of rotatable bonds is 8.